The number of carbonyl (C=O) groups is 2. The smallest absolute Gasteiger partial charge is 0.475 e. The minimum Gasteiger partial charge on any atom is -0.475 e. The molecular formula is C20H24F3N3O6. The second-order valence-electron chi connectivity index (χ2n) is 7.69. The van der Waals surface area contributed by atoms with Gasteiger partial charge in [-0.15, -0.1) is 0 Å². The summed E-state index contributed by atoms with van der Waals surface area (Å²) in [6.45, 7) is 4.93. The van der Waals surface area contributed by atoms with Gasteiger partial charge in [0, 0.05) is 38.7 Å². The van der Waals surface area contributed by atoms with Crippen molar-refractivity contribution in [2.45, 2.75) is 38.2 Å². The highest BCUT2D eigenvalue weighted by atomic mass is 19.4. The molecule has 12 heteroatoms. The van der Waals surface area contributed by atoms with Gasteiger partial charge in [0.25, 0.3) is 5.91 Å². The number of carboxylic acid groups (broad SMARTS) is 1. The number of aryl methyl sites for hydroxylation is 1. The first-order chi connectivity index (χ1) is 15.1. The molecule has 9 nitrogen and oxygen atoms in total. The highest BCUT2D eigenvalue weighted by molar-refractivity contribution is 5.92. The second-order valence-corrected chi connectivity index (χ2v) is 7.69. The number of hydrogen-bond acceptors (Lipinski definition) is 7. The maximum atomic E-state index is 12.9. The number of furan rings is 1. The van der Waals surface area contributed by atoms with E-state index in [1.165, 1.54) is 0 Å². The molecule has 4 heterocycles. The van der Waals surface area contributed by atoms with E-state index in [1.54, 1.807) is 26.4 Å². The molecule has 1 amide bonds. The van der Waals surface area contributed by atoms with Crippen LogP contribution in [0.15, 0.2) is 33.4 Å². The molecule has 0 bridgehead atoms. The number of fused-ring (bicyclic) bond motifs is 1. The number of aliphatic carboxylic acids is 1. The third kappa shape index (κ3) is 5.49. The van der Waals surface area contributed by atoms with Crippen LogP contribution in [-0.4, -0.2) is 77.0 Å². The molecule has 2 saturated heterocycles. The Morgan fingerprint density at radius 1 is 1.34 bits per heavy atom. The lowest BCUT2D eigenvalue weighted by molar-refractivity contribution is -0.192. The van der Waals surface area contributed by atoms with Crippen molar-refractivity contribution in [2.75, 3.05) is 26.7 Å². The number of likely N-dealkylation sites (tertiary alicyclic amines) is 2. The Bertz CT molecular complexity index is 914. The Kier molecular flexibility index (Phi) is 7.24. The van der Waals surface area contributed by atoms with Gasteiger partial charge < -0.3 is 23.7 Å². The van der Waals surface area contributed by atoms with Crippen LogP contribution in [-0.2, 0) is 16.1 Å². The molecule has 2 aromatic rings. The van der Waals surface area contributed by atoms with Crippen molar-refractivity contribution in [3.8, 4) is 0 Å². The van der Waals surface area contributed by atoms with Crippen molar-refractivity contribution in [3.05, 3.63) is 41.7 Å². The quantitative estimate of drug-likeness (QED) is 0.743. The third-order valence-corrected chi connectivity index (χ3v) is 5.55. The fourth-order valence-electron chi connectivity index (χ4n) is 4.15. The summed E-state index contributed by atoms with van der Waals surface area (Å²) in [6.07, 6.45) is -2.37. The van der Waals surface area contributed by atoms with Crippen LogP contribution < -0.4 is 0 Å². The summed E-state index contributed by atoms with van der Waals surface area (Å²) in [7, 11) is 1.76. The van der Waals surface area contributed by atoms with Crippen LogP contribution in [0.5, 0.6) is 0 Å². The van der Waals surface area contributed by atoms with E-state index < -0.39 is 12.1 Å². The minimum atomic E-state index is -5.08. The molecule has 0 aliphatic carbocycles. The summed E-state index contributed by atoms with van der Waals surface area (Å²) >= 11 is 0. The zero-order valence-electron chi connectivity index (χ0n) is 17.5. The van der Waals surface area contributed by atoms with Crippen molar-refractivity contribution in [1.82, 2.24) is 15.0 Å². The van der Waals surface area contributed by atoms with Gasteiger partial charge in [0.1, 0.15) is 11.5 Å². The van der Waals surface area contributed by atoms with E-state index in [4.69, 9.17) is 23.6 Å². The van der Waals surface area contributed by atoms with E-state index in [-0.39, 0.29) is 18.1 Å². The highest BCUT2D eigenvalue weighted by Crippen LogP contribution is 2.34. The Labute approximate surface area is 181 Å². The van der Waals surface area contributed by atoms with Crippen molar-refractivity contribution >= 4 is 11.9 Å². The van der Waals surface area contributed by atoms with Crippen molar-refractivity contribution in [1.29, 1.82) is 0 Å². The van der Waals surface area contributed by atoms with E-state index >= 15 is 0 Å². The Morgan fingerprint density at radius 3 is 2.59 bits per heavy atom. The minimum absolute atomic E-state index is 0.0544. The molecule has 2 aliphatic heterocycles. The lowest BCUT2D eigenvalue weighted by atomic mass is 9.89. The van der Waals surface area contributed by atoms with E-state index in [9.17, 15) is 18.0 Å². The van der Waals surface area contributed by atoms with Crippen LogP contribution in [0.2, 0.25) is 0 Å². The third-order valence-electron chi connectivity index (χ3n) is 5.55. The van der Waals surface area contributed by atoms with Crippen molar-refractivity contribution < 1.29 is 41.5 Å². The van der Waals surface area contributed by atoms with Crippen LogP contribution in [0.1, 0.15) is 28.4 Å². The number of rotatable bonds is 4. The Balaban J connectivity index is 0.000000360. The van der Waals surface area contributed by atoms with E-state index in [0.29, 0.717) is 23.9 Å². The van der Waals surface area contributed by atoms with Gasteiger partial charge >= 0.3 is 12.1 Å². The molecular weight excluding hydrogens is 435 g/mol. The average Bonchev–Trinajstić information content (AvgIpc) is 3.47. The normalized spacial score (nSPS) is 23.4. The zero-order valence-corrected chi connectivity index (χ0v) is 17.5. The SMILES string of the molecule is CO[C@@H]1CCN(C(=O)c2cc(C)on2)[C@@H]2CN(Cc3ccco3)C[C@@H]21.O=C(O)C(F)(F)F. The summed E-state index contributed by atoms with van der Waals surface area (Å²) < 4.78 is 48.0. The van der Waals surface area contributed by atoms with Gasteiger partial charge in [-0.1, -0.05) is 5.16 Å². The molecule has 3 atom stereocenters. The molecule has 176 valence electrons. The molecule has 4 rings (SSSR count). The van der Waals surface area contributed by atoms with Gasteiger partial charge in [-0.2, -0.15) is 13.2 Å². The van der Waals surface area contributed by atoms with E-state index in [1.807, 2.05) is 17.0 Å². The van der Waals surface area contributed by atoms with Gasteiger partial charge in [0.2, 0.25) is 0 Å². The van der Waals surface area contributed by atoms with E-state index in [2.05, 4.69) is 10.1 Å². The van der Waals surface area contributed by atoms with Gasteiger partial charge in [-0.05, 0) is 25.5 Å². The molecule has 2 aromatic heterocycles. The molecule has 2 aliphatic rings. The number of carbonyl (C=O) groups excluding carboxylic acids is 1. The number of carboxylic acids is 1. The fraction of sp³-hybridized carbons (Fsp3) is 0.550. The summed E-state index contributed by atoms with van der Waals surface area (Å²) in [5.74, 6) is -0.922. The van der Waals surface area contributed by atoms with Crippen LogP contribution in [0.3, 0.4) is 0 Å². The van der Waals surface area contributed by atoms with Gasteiger partial charge in [0.05, 0.1) is 25.0 Å². The lowest BCUT2D eigenvalue weighted by Gasteiger charge is -2.40. The number of amides is 1. The molecule has 32 heavy (non-hydrogen) atoms. The molecule has 0 aromatic carbocycles. The lowest BCUT2D eigenvalue weighted by Crippen LogP contribution is -2.53. The average molecular weight is 459 g/mol. The Morgan fingerprint density at radius 2 is 2.06 bits per heavy atom. The van der Waals surface area contributed by atoms with Gasteiger partial charge in [-0.25, -0.2) is 4.79 Å². The number of methoxy groups -OCH3 is 1. The van der Waals surface area contributed by atoms with Gasteiger partial charge in [-0.3, -0.25) is 9.69 Å². The molecule has 0 saturated carbocycles. The Hall–Kier alpha value is -2.86. The largest absolute Gasteiger partial charge is 0.490 e. The van der Waals surface area contributed by atoms with Crippen molar-refractivity contribution in [2.24, 2.45) is 5.92 Å². The highest BCUT2D eigenvalue weighted by Gasteiger charge is 2.46. The van der Waals surface area contributed by atoms with Crippen LogP contribution in [0, 0.1) is 12.8 Å². The van der Waals surface area contributed by atoms with Gasteiger partial charge in [0.15, 0.2) is 5.69 Å². The number of alkyl halides is 3. The standard InChI is InChI=1S/C18H23N3O4.C2HF3O2/c1-12-8-15(19-25-12)18(22)21-6-5-17(23-2)14-10-20(11-16(14)21)9-13-4-3-7-24-13;3-2(4,5)1(6)7/h3-4,7-8,14,16-17H,5-6,9-11H2,1-2H3;(H,6,7)/t14-,16+,17+;/m0./s1. The zero-order chi connectivity index (χ0) is 23.5. The predicted octanol–water partition coefficient (Wildman–Crippen LogP) is 2.57. The molecule has 0 radical (unpaired) electrons. The first kappa shape index (κ1) is 23.8. The van der Waals surface area contributed by atoms with Crippen LogP contribution in [0.4, 0.5) is 13.2 Å². The number of halogens is 3. The molecule has 2 fully saturated rings. The number of hydrogen-bond donors (Lipinski definition) is 1. The monoisotopic (exact) mass is 459 g/mol. The number of ether oxygens (including phenoxy) is 1. The number of nitrogens with zero attached hydrogens (tertiary/aromatic N) is 3. The number of piperidine rings is 1. The topological polar surface area (TPSA) is 109 Å². The predicted molar refractivity (Wildman–Crippen MR) is 103 cm³/mol. The molecule has 0 unspecified atom stereocenters. The first-order valence-electron chi connectivity index (χ1n) is 9.92. The summed E-state index contributed by atoms with van der Waals surface area (Å²) in [4.78, 5) is 26.1. The summed E-state index contributed by atoms with van der Waals surface area (Å²) in [5.41, 5.74) is 0.386. The fourth-order valence-corrected chi connectivity index (χ4v) is 4.15. The summed E-state index contributed by atoms with van der Waals surface area (Å²) in [5, 5.41) is 11.0. The van der Waals surface area contributed by atoms with Crippen molar-refractivity contribution in [3.63, 3.8) is 0 Å². The maximum Gasteiger partial charge on any atom is 0.490 e. The van der Waals surface area contributed by atoms with Crippen LogP contribution >= 0.6 is 0 Å². The number of aromatic nitrogens is 1. The van der Waals surface area contributed by atoms with Crippen LogP contribution in [0.25, 0.3) is 0 Å². The second kappa shape index (κ2) is 9.74. The first-order valence-corrected chi connectivity index (χ1v) is 9.92. The maximum absolute atomic E-state index is 12.9. The van der Waals surface area contributed by atoms with E-state index in [0.717, 1.165) is 31.8 Å². The molecule has 0 spiro atoms. The molecule has 1 N–H and O–H groups in total. The summed E-state index contributed by atoms with van der Waals surface area (Å²) in [6, 6.07) is 5.71.